The van der Waals surface area contributed by atoms with Crippen molar-refractivity contribution in [2.45, 2.75) is 46.5 Å². The summed E-state index contributed by atoms with van der Waals surface area (Å²) in [7, 11) is 0. The molecular formula is C16H22O3. The Labute approximate surface area is 114 Å². The van der Waals surface area contributed by atoms with Crippen LogP contribution in [-0.2, 0) is 10.2 Å². The fraction of sp³-hybridized carbons (Fsp3) is 0.500. The van der Waals surface area contributed by atoms with E-state index >= 15 is 0 Å². The van der Waals surface area contributed by atoms with Gasteiger partial charge in [0.25, 0.3) is 0 Å². The average Bonchev–Trinajstić information content (AvgIpc) is 2.25. The van der Waals surface area contributed by atoms with E-state index in [1.165, 1.54) is 5.56 Å². The van der Waals surface area contributed by atoms with E-state index in [0.29, 0.717) is 5.56 Å². The third-order valence-electron chi connectivity index (χ3n) is 3.29. The van der Waals surface area contributed by atoms with Gasteiger partial charge in [-0.1, -0.05) is 45.9 Å². The Bertz CT molecular complexity index is 495. The number of Topliss-reactive ketones (excluding diaryl/α,β-unsaturated/α-hetero) is 1. The van der Waals surface area contributed by atoms with Crippen molar-refractivity contribution in [3.05, 3.63) is 34.9 Å². The summed E-state index contributed by atoms with van der Waals surface area (Å²) in [4.78, 5) is 22.9. The Hall–Kier alpha value is -1.64. The molecule has 0 amide bonds. The highest BCUT2D eigenvalue weighted by Gasteiger charge is 2.21. The molecule has 1 unspecified atom stereocenters. The molecule has 0 saturated carbocycles. The van der Waals surface area contributed by atoms with E-state index in [1.54, 1.807) is 6.92 Å². The Morgan fingerprint density at radius 1 is 1.26 bits per heavy atom. The lowest BCUT2D eigenvalue weighted by Crippen LogP contribution is -2.17. The molecule has 1 aromatic carbocycles. The maximum atomic E-state index is 12.2. The molecule has 1 aromatic rings. The standard InChI is InChI=1S/C16H22O3/c1-10-8-12(16(3,4)5)6-7-13(10)15(19)11(2)9-14(17)18/h6-8,11H,9H2,1-5H3,(H,17,18). The van der Waals surface area contributed by atoms with Crippen LogP contribution in [0, 0.1) is 12.8 Å². The lowest BCUT2D eigenvalue weighted by Gasteiger charge is -2.21. The summed E-state index contributed by atoms with van der Waals surface area (Å²) in [5.41, 5.74) is 2.75. The number of carbonyl (C=O) groups is 2. The van der Waals surface area contributed by atoms with Crippen LogP contribution in [0.5, 0.6) is 0 Å². The molecule has 104 valence electrons. The van der Waals surface area contributed by atoms with E-state index in [1.807, 2.05) is 25.1 Å². The smallest absolute Gasteiger partial charge is 0.304 e. The lowest BCUT2D eigenvalue weighted by atomic mass is 9.84. The normalized spacial score (nSPS) is 13.1. The second-order valence-electron chi connectivity index (χ2n) is 6.14. The minimum Gasteiger partial charge on any atom is -0.481 e. The zero-order valence-corrected chi connectivity index (χ0v) is 12.3. The minimum atomic E-state index is -0.940. The van der Waals surface area contributed by atoms with Crippen molar-refractivity contribution in [1.82, 2.24) is 0 Å². The largest absolute Gasteiger partial charge is 0.481 e. The Morgan fingerprint density at radius 3 is 2.26 bits per heavy atom. The van der Waals surface area contributed by atoms with Crippen molar-refractivity contribution in [1.29, 1.82) is 0 Å². The van der Waals surface area contributed by atoms with Crippen molar-refractivity contribution in [2.75, 3.05) is 0 Å². The number of aryl methyl sites for hydroxylation is 1. The number of carboxylic acids is 1. The molecule has 0 fully saturated rings. The molecule has 1 atom stereocenters. The summed E-state index contributed by atoms with van der Waals surface area (Å²) in [6, 6.07) is 5.78. The van der Waals surface area contributed by atoms with Gasteiger partial charge in [0.1, 0.15) is 0 Å². The van der Waals surface area contributed by atoms with Crippen molar-refractivity contribution < 1.29 is 14.7 Å². The molecule has 0 bridgehead atoms. The number of ketones is 1. The van der Waals surface area contributed by atoms with Crippen molar-refractivity contribution in [3.8, 4) is 0 Å². The van der Waals surface area contributed by atoms with Gasteiger partial charge in [0, 0.05) is 11.5 Å². The molecular weight excluding hydrogens is 240 g/mol. The molecule has 0 aliphatic heterocycles. The molecule has 1 N–H and O–H groups in total. The van der Waals surface area contributed by atoms with Gasteiger partial charge in [-0.05, 0) is 23.5 Å². The molecule has 0 spiro atoms. The van der Waals surface area contributed by atoms with Crippen molar-refractivity contribution in [2.24, 2.45) is 5.92 Å². The number of carbonyl (C=O) groups excluding carboxylic acids is 1. The Morgan fingerprint density at radius 2 is 1.84 bits per heavy atom. The van der Waals surface area contributed by atoms with E-state index < -0.39 is 11.9 Å². The molecule has 3 nitrogen and oxygen atoms in total. The number of carboxylic acid groups (broad SMARTS) is 1. The van der Waals surface area contributed by atoms with Gasteiger partial charge < -0.3 is 5.11 Å². The van der Waals surface area contributed by atoms with E-state index in [4.69, 9.17) is 5.11 Å². The highest BCUT2D eigenvalue weighted by Crippen LogP contribution is 2.25. The van der Waals surface area contributed by atoms with Gasteiger partial charge in [0.15, 0.2) is 5.78 Å². The van der Waals surface area contributed by atoms with E-state index in [-0.39, 0.29) is 17.6 Å². The van der Waals surface area contributed by atoms with Gasteiger partial charge in [0.05, 0.1) is 6.42 Å². The lowest BCUT2D eigenvalue weighted by molar-refractivity contribution is -0.137. The summed E-state index contributed by atoms with van der Waals surface area (Å²) in [5, 5.41) is 8.75. The molecule has 0 heterocycles. The Balaban J connectivity index is 3.03. The van der Waals surface area contributed by atoms with Crippen LogP contribution in [0.3, 0.4) is 0 Å². The second-order valence-corrected chi connectivity index (χ2v) is 6.14. The number of hydrogen-bond acceptors (Lipinski definition) is 2. The topological polar surface area (TPSA) is 54.4 Å². The monoisotopic (exact) mass is 262 g/mol. The predicted molar refractivity (Wildman–Crippen MR) is 75.6 cm³/mol. The zero-order valence-electron chi connectivity index (χ0n) is 12.3. The van der Waals surface area contributed by atoms with Crippen molar-refractivity contribution >= 4 is 11.8 Å². The number of aliphatic carboxylic acids is 1. The van der Waals surface area contributed by atoms with Crippen LogP contribution < -0.4 is 0 Å². The second kappa shape index (κ2) is 5.55. The van der Waals surface area contributed by atoms with E-state index in [2.05, 4.69) is 20.8 Å². The molecule has 0 radical (unpaired) electrons. The first-order chi connectivity index (χ1) is 8.62. The maximum absolute atomic E-state index is 12.2. The molecule has 1 rings (SSSR count). The Kier molecular flexibility index (Phi) is 4.51. The molecule has 3 heteroatoms. The van der Waals surface area contributed by atoms with Gasteiger partial charge in [-0.15, -0.1) is 0 Å². The summed E-state index contributed by atoms with van der Waals surface area (Å²) in [5.74, 6) is -1.53. The summed E-state index contributed by atoms with van der Waals surface area (Å²) < 4.78 is 0. The quantitative estimate of drug-likeness (QED) is 0.844. The van der Waals surface area contributed by atoms with E-state index in [0.717, 1.165) is 5.56 Å². The molecule has 0 saturated heterocycles. The van der Waals surface area contributed by atoms with Gasteiger partial charge >= 0.3 is 5.97 Å². The third kappa shape index (κ3) is 3.91. The van der Waals surface area contributed by atoms with Gasteiger partial charge in [0.2, 0.25) is 0 Å². The van der Waals surface area contributed by atoms with Crippen LogP contribution in [0.2, 0.25) is 0 Å². The van der Waals surface area contributed by atoms with Crippen LogP contribution >= 0.6 is 0 Å². The third-order valence-corrected chi connectivity index (χ3v) is 3.29. The number of rotatable bonds is 4. The maximum Gasteiger partial charge on any atom is 0.304 e. The first-order valence-electron chi connectivity index (χ1n) is 6.50. The average molecular weight is 262 g/mol. The number of benzene rings is 1. The summed E-state index contributed by atoms with van der Waals surface area (Å²) >= 11 is 0. The van der Waals surface area contributed by atoms with Gasteiger partial charge in [-0.2, -0.15) is 0 Å². The van der Waals surface area contributed by atoms with Gasteiger partial charge in [-0.3, -0.25) is 9.59 Å². The van der Waals surface area contributed by atoms with Crippen LogP contribution in [0.1, 0.15) is 55.6 Å². The molecule has 0 aliphatic carbocycles. The fourth-order valence-corrected chi connectivity index (χ4v) is 2.03. The van der Waals surface area contributed by atoms with Crippen molar-refractivity contribution in [3.63, 3.8) is 0 Å². The summed E-state index contributed by atoms with van der Waals surface area (Å²) in [6.45, 7) is 9.92. The minimum absolute atomic E-state index is 0.0407. The van der Waals surface area contributed by atoms with E-state index in [9.17, 15) is 9.59 Å². The molecule has 0 aliphatic rings. The zero-order chi connectivity index (χ0) is 14.8. The summed E-state index contributed by atoms with van der Waals surface area (Å²) in [6.07, 6.45) is -0.126. The van der Waals surface area contributed by atoms with Crippen LogP contribution in [0.25, 0.3) is 0 Å². The highest BCUT2D eigenvalue weighted by atomic mass is 16.4. The van der Waals surface area contributed by atoms with Crippen LogP contribution in [0.15, 0.2) is 18.2 Å². The SMILES string of the molecule is Cc1cc(C(C)(C)C)ccc1C(=O)C(C)CC(=O)O. The first kappa shape index (κ1) is 15.4. The van der Waals surface area contributed by atoms with Crippen LogP contribution in [0.4, 0.5) is 0 Å². The fourth-order valence-electron chi connectivity index (χ4n) is 2.03. The van der Waals surface area contributed by atoms with Crippen LogP contribution in [-0.4, -0.2) is 16.9 Å². The first-order valence-corrected chi connectivity index (χ1v) is 6.50. The molecule has 19 heavy (non-hydrogen) atoms. The highest BCUT2D eigenvalue weighted by molar-refractivity contribution is 6.00. The number of hydrogen-bond donors (Lipinski definition) is 1. The predicted octanol–water partition coefficient (Wildman–Crippen LogP) is 3.59. The molecule has 0 aromatic heterocycles. The van der Waals surface area contributed by atoms with Gasteiger partial charge in [-0.25, -0.2) is 0 Å².